The highest BCUT2D eigenvalue weighted by atomic mass is 35.5. The second-order valence-electron chi connectivity index (χ2n) is 8.00. The zero-order valence-corrected chi connectivity index (χ0v) is 23.5. The molecule has 0 aliphatic carbocycles. The quantitative estimate of drug-likeness (QED) is 0.175. The Balaban J connectivity index is 0.000000271. The van der Waals surface area contributed by atoms with E-state index in [1.807, 2.05) is 30.3 Å². The molecule has 220 valence electrons. The van der Waals surface area contributed by atoms with Crippen molar-refractivity contribution in [1.82, 2.24) is 9.59 Å². The molecular weight excluding hydrogens is 624 g/mol. The number of para-hydroxylation sites is 1. The normalized spacial score (nSPS) is 11.4. The molecule has 1 atom stereocenters. The molecule has 0 spiro atoms. The molecule has 0 bridgehead atoms. The van der Waals surface area contributed by atoms with Gasteiger partial charge in [0.05, 0.1) is 27.4 Å². The van der Waals surface area contributed by atoms with E-state index in [2.05, 4.69) is 20.2 Å². The third kappa shape index (κ3) is 9.61. The molecule has 4 rings (SSSR count). The lowest BCUT2D eigenvalue weighted by Gasteiger charge is -2.13. The minimum absolute atomic E-state index is 0.0246. The van der Waals surface area contributed by atoms with Crippen molar-refractivity contribution in [2.45, 2.75) is 19.2 Å². The maximum absolute atomic E-state index is 12.7. The summed E-state index contributed by atoms with van der Waals surface area (Å²) in [6, 6.07) is 15.2. The number of nitrogens with zero attached hydrogens (tertiary/aromatic N) is 2. The summed E-state index contributed by atoms with van der Waals surface area (Å²) in [4.78, 5) is 34.2. The van der Waals surface area contributed by atoms with Gasteiger partial charge in [0.1, 0.15) is 16.5 Å². The van der Waals surface area contributed by atoms with Gasteiger partial charge in [-0.2, -0.15) is 13.2 Å². The Morgan fingerprint density at radius 1 is 0.976 bits per heavy atom. The van der Waals surface area contributed by atoms with Crippen molar-refractivity contribution in [1.29, 1.82) is 0 Å². The van der Waals surface area contributed by atoms with Gasteiger partial charge in [-0.3, -0.25) is 5.32 Å². The van der Waals surface area contributed by atoms with Crippen molar-refractivity contribution < 1.29 is 42.1 Å². The predicted octanol–water partition coefficient (Wildman–Crippen LogP) is 7.62. The molecule has 0 saturated heterocycles. The van der Waals surface area contributed by atoms with Crippen LogP contribution in [0.2, 0.25) is 10.0 Å². The van der Waals surface area contributed by atoms with Crippen molar-refractivity contribution in [3.63, 3.8) is 0 Å². The van der Waals surface area contributed by atoms with Crippen molar-refractivity contribution in [3.05, 3.63) is 94.1 Å². The largest absolute Gasteiger partial charge is 0.479 e. The van der Waals surface area contributed by atoms with Crippen LogP contribution in [-0.4, -0.2) is 38.8 Å². The molecule has 16 heteroatoms. The van der Waals surface area contributed by atoms with Crippen LogP contribution in [0.4, 0.5) is 28.7 Å². The number of carbonyl (C=O) groups is 3. The highest BCUT2D eigenvalue weighted by Gasteiger charge is 2.31. The average molecular weight is 643 g/mol. The first-order valence-corrected chi connectivity index (χ1v) is 13.0. The number of anilines is 2. The van der Waals surface area contributed by atoms with E-state index in [0.717, 1.165) is 42.3 Å². The first kappa shape index (κ1) is 32.1. The van der Waals surface area contributed by atoms with Crippen LogP contribution >= 0.6 is 34.7 Å². The third-order valence-corrected chi connectivity index (χ3v) is 6.11. The first-order valence-electron chi connectivity index (χ1n) is 11.5. The number of hydrogen-bond donors (Lipinski definition) is 3. The maximum atomic E-state index is 12.7. The Morgan fingerprint density at radius 3 is 2.29 bits per heavy atom. The topological polar surface area (TPSA) is 140 Å². The van der Waals surface area contributed by atoms with Crippen LogP contribution in [0.3, 0.4) is 0 Å². The van der Waals surface area contributed by atoms with Crippen LogP contribution < -0.4 is 15.4 Å². The van der Waals surface area contributed by atoms with Crippen LogP contribution in [0.25, 0.3) is 0 Å². The molecule has 1 aromatic heterocycles. The fraction of sp³-hybridized carbons (Fsp3) is 0.115. The van der Waals surface area contributed by atoms with Gasteiger partial charge in [-0.1, -0.05) is 45.9 Å². The number of halogens is 5. The van der Waals surface area contributed by atoms with Crippen molar-refractivity contribution >= 4 is 63.4 Å². The number of rotatable bonds is 7. The Hall–Kier alpha value is -4.40. The van der Waals surface area contributed by atoms with Gasteiger partial charge in [0.15, 0.2) is 6.10 Å². The van der Waals surface area contributed by atoms with Gasteiger partial charge in [-0.05, 0) is 55.5 Å². The van der Waals surface area contributed by atoms with Gasteiger partial charge in [0.25, 0.3) is 0 Å². The number of urea groups is 1. The molecule has 0 fully saturated rings. The Kier molecular flexibility index (Phi) is 11.1. The van der Waals surface area contributed by atoms with Crippen molar-refractivity contribution in [2.24, 2.45) is 0 Å². The number of carboxylic acids is 1. The van der Waals surface area contributed by atoms with E-state index in [4.69, 9.17) is 37.8 Å². The van der Waals surface area contributed by atoms with Gasteiger partial charge in [0.2, 0.25) is 0 Å². The molecule has 0 aliphatic rings. The monoisotopic (exact) mass is 642 g/mol. The Labute approximate surface area is 250 Å². The number of aromatic nitrogens is 2. The minimum Gasteiger partial charge on any atom is -0.479 e. The number of aliphatic carboxylic acids is 1. The maximum Gasteiger partial charge on any atom is 0.416 e. The highest BCUT2D eigenvalue weighted by molar-refractivity contribution is 7.10. The molecule has 4 aromatic rings. The van der Waals surface area contributed by atoms with E-state index in [1.165, 1.54) is 18.3 Å². The van der Waals surface area contributed by atoms with E-state index >= 15 is 0 Å². The van der Waals surface area contributed by atoms with E-state index in [-0.39, 0.29) is 33.1 Å². The summed E-state index contributed by atoms with van der Waals surface area (Å²) in [5.74, 6) is -2.39. The molecule has 2 amide bonds. The fourth-order valence-electron chi connectivity index (χ4n) is 2.90. The first-order chi connectivity index (χ1) is 19.8. The van der Waals surface area contributed by atoms with Crippen molar-refractivity contribution in [2.75, 3.05) is 10.6 Å². The third-order valence-electron chi connectivity index (χ3n) is 4.91. The summed E-state index contributed by atoms with van der Waals surface area (Å²) in [6.07, 6.45) is -4.46. The average Bonchev–Trinajstić information content (AvgIpc) is 3.44. The molecule has 3 N–H and O–H groups in total. The van der Waals surface area contributed by atoms with Crippen LogP contribution in [0.5, 0.6) is 11.5 Å². The number of hydrogen-bond acceptors (Lipinski definition) is 8. The number of amides is 2. The van der Waals surface area contributed by atoms with Crippen LogP contribution in [0.1, 0.15) is 22.8 Å². The zero-order chi connectivity index (χ0) is 30.9. The molecule has 0 radical (unpaired) electrons. The summed E-state index contributed by atoms with van der Waals surface area (Å²) in [6.45, 7) is 1.16. The molecule has 3 aromatic carbocycles. The fourth-order valence-corrected chi connectivity index (χ4v) is 3.73. The summed E-state index contributed by atoms with van der Waals surface area (Å²) in [7, 11) is 0. The molecule has 10 nitrogen and oxygen atoms in total. The number of esters is 1. The summed E-state index contributed by atoms with van der Waals surface area (Å²) < 4.78 is 51.8. The predicted molar refractivity (Wildman–Crippen MR) is 149 cm³/mol. The van der Waals surface area contributed by atoms with Crippen molar-refractivity contribution in [3.8, 4) is 11.5 Å². The van der Waals surface area contributed by atoms with Crippen LogP contribution in [0.15, 0.2) is 72.9 Å². The van der Waals surface area contributed by atoms with Crippen LogP contribution in [0, 0.1) is 0 Å². The van der Waals surface area contributed by atoms with E-state index in [9.17, 15) is 27.6 Å². The minimum atomic E-state index is -4.56. The molecular formula is C26H19Cl2F3N4O6S. The SMILES string of the molecule is C[C@H](OC(=O)c1cc(Oc2ccc(C(F)(F)F)cc2Cl)ccc1Cl)C(=O)O.O=C(Nc1ccccc1)Nc1cnns1. The Morgan fingerprint density at radius 2 is 1.69 bits per heavy atom. The zero-order valence-electron chi connectivity index (χ0n) is 21.2. The second kappa shape index (κ2) is 14.5. The van der Waals surface area contributed by atoms with Crippen LogP contribution in [-0.2, 0) is 15.7 Å². The lowest BCUT2D eigenvalue weighted by molar-refractivity contribution is -0.146. The summed E-state index contributed by atoms with van der Waals surface area (Å²) >= 11 is 12.8. The smallest absolute Gasteiger partial charge is 0.416 e. The molecule has 0 saturated carbocycles. The number of carboxylic acid groups (broad SMARTS) is 1. The second-order valence-corrected chi connectivity index (χ2v) is 9.60. The van der Waals surface area contributed by atoms with Gasteiger partial charge < -0.3 is 19.9 Å². The number of carbonyl (C=O) groups excluding carboxylic acids is 2. The molecule has 0 aliphatic heterocycles. The number of ether oxygens (including phenoxy) is 2. The molecule has 1 heterocycles. The summed E-state index contributed by atoms with van der Waals surface area (Å²) in [5, 5.41) is 18.0. The van der Waals surface area contributed by atoms with E-state index < -0.39 is 29.8 Å². The molecule has 0 unspecified atom stereocenters. The Bertz CT molecular complexity index is 1540. The van der Waals surface area contributed by atoms with Gasteiger partial charge in [0, 0.05) is 17.2 Å². The highest BCUT2D eigenvalue weighted by Crippen LogP contribution is 2.37. The standard InChI is InChI=1S/C17H11Cl2F3O5.C9H8N4OS/c1-8(15(23)24)26-16(25)11-7-10(3-4-12(11)18)27-14-5-2-9(6-13(14)19)17(20,21)22;14-9(12-8-6-10-13-15-8)11-7-4-2-1-3-5-7/h2-8H,1H3,(H,23,24);1-6H,(H2,11,12,14)/t8-;/m0./s1. The van der Waals surface area contributed by atoms with Gasteiger partial charge in [-0.25, -0.2) is 14.4 Å². The number of benzene rings is 3. The van der Waals surface area contributed by atoms with E-state index in [0.29, 0.717) is 11.1 Å². The lowest BCUT2D eigenvalue weighted by atomic mass is 10.2. The van der Waals surface area contributed by atoms with E-state index in [1.54, 1.807) is 0 Å². The van der Waals surface area contributed by atoms with Gasteiger partial charge >= 0.3 is 24.1 Å². The molecule has 42 heavy (non-hydrogen) atoms. The summed E-state index contributed by atoms with van der Waals surface area (Å²) in [5.41, 5.74) is -0.374. The van der Waals surface area contributed by atoms with Gasteiger partial charge in [-0.15, -0.1) is 5.10 Å². The number of nitrogens with one attached hydrogen (secondary N) is 2. The number of alkyl halides is 3. The lowest BCUT2D eigenvalue weighted by Crippen LogP contribution is -2.23.